The number of aromatic nitrogens is 4. The molecule has 0 radical (unpaired) electrons. The van der Waals surface area contributed by atoms with Crippen LogP contribution in [0.25, 0.3) is 28.1 Å². The molecular weight excluding hydrogens is 352 g/mol. The van der Waals surface area contributed by atoms with Crippen molar-refractivity contribution in [2.24, 2.45) is 10.7 Å². The van der Waals surface area contributed by atoms with Crippen LogP contribution in [-0.2, 0) is 0 Å². The fourth-order valence-electron chi connectivity index (χ4n) is 2.83. The maximum Gasteiger partial charge on any atom is 0.187 e. The number of pyridine rings is 2. The third-order valence-corrected chi connectivity index (χ3v) is 4.21. The Bertz CT molecular complexity index is 1240. The lowest BCUT2D eigenvalue weighted by molar-refractivity contribution is 0.446. The number of hydrogen-bond donors (Lipinski definition) is 1. The first kappa shape index (κ1) is 17.4. The molecular formula is C21H18N6O. The molecule has 0 amide bonds. The van der Waals surface area contributed by atoms with Crippen LogP contribution in [0.15, 0.2) is 83.5 Å². The highest BCUT2D eigenvalue weighted by Gasteiger charge is 2.12. The van der Waals surface area contributed by atoms with E-state index >= 15 is 0 Å². The summed E-state index contributed by atoms with van der Waals surface area (Å²) in [6.45, 7) is 5.27. The van der Waals surface area contributed by atoms with E-state index in [2.05, 4.69) is 21.9 Å². The first-order chi connectivity index (χ1) is 13.7. The maximum absolute atomic E-state index is 6.02. The first-order valence-corrected chi connectivity index (χ1v) is 8.67. The largest absolute Gasteiger partial charge is 0.455 e. The number of nitrogens with zero attached hydrogens (tertiary/aromatic N) is 5. The summed E-state index contributed by atoms with van der Waals surface area (Å²) in [6.07, 6.45) is 5.32. The van der Waals surface area contributed by atoms with Crippen LogP contribution in [0.4, 0.5) is 0 Å². The Morgan fingerprint density at radius 1 is 1.14 bits per heavy atom. The quantitative estimate of drug-likeness (QED) is 0.328. The van der Waals surface area contributed by atoms with Crippen molar-refractivity contribution >= 4 is 23.3 Å². The first-order valence-electron chi connectivity index (χ1n) is 8.67. The van der Waals surface area contributed by atoms with Crippen LogP contribution in [0, 0.1) is 0 Å². The number of allylic oxidation sites excluding steroid dienone is 2. The number of ether oxygens (including phenoxy) is 1. The fraction of sp³-hybridized carbons (Fsp3) is 0.0476. The summed E-state index contributed by atoms with van der Waals surface area (Å²) in [5, 5.41) is 9.43. The van der Waals surface area contributed by atoms with Gasteiger partial charge in [-0.05, 0) is 44.0 Å². The highest BCUT2D eigenvalue weighted by atomic mass is 16.5. The standard InChI is InChI=1S/C21H18N6O/c1-3-15(13-18(22)23-2)28-17-8-6-7-14-10-11-16(24-20(14)17)21-26-25-19-9-4-5-12-27(19)21/h3-13H,2,22H2,1H3/b15-3+,18-13-. The molecule has 0 saturated heterocycles. The monoisotopic (exact) mass is 370 g/mol. The zero-order valence-corrected chi connectivity index (χ0v) is 15.3. The third-order valence-electron chi connectivity index (χ3n) is 4.21. The van der Waals surface area contributed by atoms with Gasteiger partial charge in [0.05, 0.1) is 0 Å². The average Bonchev–Trinajstić information content (AvgIpc) is 3.17. The van der Waals surface area contributed by atoms with Gasteiger partial charge in [-0.3, -0.25) is 4.40 Å². The van der Waals surface area contributed by atoms with Crippen LogP contribution in [-0.4, -0.2) is 26.3 Å². The molecule has 0 unspecified atom stereocenters. The smallest absolute Gasteiger partial charge is 0.187 e. The molecule has 138 valence electrons. The van der Waals surface area contributed by atoms with Gasteiger partial charge in [-0.15, -0.1) is 10.2 Å². The molecule has 3 heterocycles. The number of nitrogens with two attached hydrogens (primary N) is 1. The van der Waals surface area contributed by atoms with Crippen LogP contribution in [0.2, 0.25) is 0 Å². The number of fused-ring (bicyclic) bond motifs is 2. The van der Waals surface area contributed by atoms with E-state index in [1.165, 1.54) is 0 Å². The SMILES string of the molecule is C=N/C(N)=C\C(=C/C)Oc1cccc2ccc(-c3nnc4ccccn34)nc12. The predicted molar refractivity (Wildman–Crippen MR) is 110 cm³/mol. The van der Waals surface area contributed by atoms with Gasteiger partial charge in [0.1, 0.15) is 22.8 Å². The summed E-state index contributed by atoms with van der Waals surface area (Å²) in [6, 6.07) is 15.4. The molecule has 4 aromatic rings. The summed E-state index contributed by atoms with van der Waals surface area (Å²) in [5.41, 5.74) is 7.91. The van der Waals surface area contributed by atoms with Gasteiger partial charge >= 0.3 is 0 Å². The Balaban J connectivity index is 1.81. The van der Waals surface area contributed by atoms with Gasteiger partial charge < -0.3 is 10.5 Å². The molecule has 0 spiro atoms. The molecule has 0 atom stereocenters. The normalized spacial score (nSPS) is 12.5. The molecule has 7 nitrogen and oxygen atoms in total. The summed E-state index contributed by atoms with van der Waals surface area (Å²) in [5.74, 6) is 2.10. The van der Waals surface area contributed by atoms with Crippen molar-refractivity contribution in [3.63, 3.8) is 0 Å². The second-order valence-corrected chi connectivity index (χ2v) is 6.00. The van der Waals surface area contributed by atoms with Crippen LogP contribution < -0.4 is 10.5 Å². The van der Waals surface area contributed by atoms with Gasteiger partial charge in [-0.2, -0.15) is 0 Å². The Kier molecular flexibility index (Phi) is 4.55. The second kappa shape index (κ2) is 7.32. The Morgan fingerprint density at radius 2 is 2.04 bits per heavy atom. The summed E-state index contributed by atoms with van der Waals surface area (Å²) >= 11 is 0. The van der Waals surface area contributed by atoms with Crippen molar-refractivity contribution in [1.82, 2.24) is 19.6 Å². The molecule has 0 saturated carbocycles. The minimum absolute atomic E-state index is 0.275. The molecule has 4 rings (SSSR count). The van der Waals surface area contributed by atoms with Gasteiger partial charge in [-0.1, -0.05) is 24.3 Å². The van der Waals surface area contributed by atoms with Gasteiger partial charge in [0.15, 0.2) is 17.2 Å². The van der Waals surface area contributed by atoms with E-state index in [9.17, 15) is 0 Å². The molecule has 2 N–H and O–H groups in total. The van der Waals surface area contributed by atoms with Gasteiger partial charge in [0.25, 0.3) is 0 Å². The molecule has 0 aliphatic heterocycles. The summed E-state index contributed by atoms with van der Waals surface area (Å²) in [7, 11) is 0. The number of hydrogen-bond acceptors (Lipinski definition) is 6. The summed E-state index contributed by atoms with van der Waals surface area (Å²) in [4.78, 5) is 8.48. The lowest BCUT2D eigenvalue weighted by atomic mass is 10.2. The Morgan fingerprint density at radius 3 is 2.86 bits per heavy atom. The maximum atomic E-state index is 6.02. The van der Waals surface area contributed by atoms with E-state index < -0.39 is 0 Å². The zero-order valence-electron chi connectivity index (χ0n) is 15.3. The lowest BCUT2D eigenvalue weighted by Gasteiger charge is -2.10. The molecule has 3 aromatic heterocycles. The number of benzene rings is 1. The van der Waals surface area contributed by atoms with Crippen LogP contribution >= 0.6 is 0 Å². The van der Waals surface area contributed by atoms with Crippen molar-refractivity contribution in [2.75, 3.05) is 0 Å². The van der Waals surface area contributed by atoms with Gasteiger partial charge in [0, 0.05) is 17.7 Å². The van der Waals surface area contributed by atoms with Crippen molar-refractivity contribution in [2.45, 2.75) is 6.92 Å². The van der Waals surface area contributed by atoms with E-state index in [-0.39, 0.29) is 5.82 Å². The van der Waals surface area contributed by atoms with Crippen molar-refractivity contribution in [3.8, 4) is 17.3 Å². The number of para-hydroxylation sites is 1. The Labute approximate surface area is 161 Å². The highest BCUT2D eigenvalue weighted by molar-refractivity contribution is 5.86. The number of rotatable bonds is 5. The minimum Gasteiger partial charge on any atom is -0.455 e. The minimum atomic E-state index is 0.275. The molecule has 0 fully saturated rings. The fourth-order valence-corrected chi connectivity index (χ4v) is 2.83. The topological polar surface area (TPSA) is 90.7 Å². The van der Waals surface area contributed by atoms with E-state index in [1.54, 1.807) is 12.2 Å². The zero-order chi connectivity index (χ0) is 19.5. The van der Waals surface area contributed by atoms with Crippen molar-refractivity contribution in [3.05, 3.63) is 78.5 Å². The Hall–Kier alpha value is -4.00. The van der Waals surface area contributed by atoms with E-state index in [1.807, 2.05) is 66.1 Å². The molecule has 0 aliphatic rings. The molecule has 28 heavy (non-hydrogen) atoms. The molecule has 1 aromatic carbocycles. The molecule has 0 aliphatic carbocycles. The molecule has 7 heteroatoms. The lowest BCUT2D eigenvalue weighted by Crippen LogP contribution is -1.99. The van der Waals surface area contributed by atoms with Gasteiger partial charge in [-0.25, -0.2) is 9.98 Å². The second-order valence-electron chi connectivity index (χ2n) is 6.00. The molecule has 0 bridgehead atoms. The van der Waals surface area contributed by atoms with Crippen LogP contribution in [0.3, 0.4) is 0 Å². The summed E-state index contributed by atoms with van der Waals surface area (Å²) < 4.78 is 7.92. The van der Waals surface area contributed by atoms with Crippen molar-refractivity contribution in [1.29, 1.82) is 0 Å². The van der Waals surface area contributed by atoms with E-state index in [4.69, 9.17) is 15.5 Å². The predicted octanol–water partition coefficient (Wildman–Crippen LogP) is 3.73. The van der Waals surface area contributed by atoms with E-state index in [0.717, 1.165) is 11.0 Å². The third kappa shape index (κ3) is 3.21. The van der Waals surface area contributed by atoms with Gasteiger partial charge in [0.2, 0.25) is 0 Å². The number of aliphatic imine (C=N–C) groups is 1. The highest BCUT2D eigenvalue weighted by Crippen LogP contribution is 2.28. The average molecular weight is 370 g/mol. The van der Waals surface area contributed by atoms with Crippen molar-refractivity contribution < 1.29 is 4.74 Å². The van der Waals surface area contributed by atoms with Crippen LogP contribution in [0.1, 0.15) is 6.92 Å². The van der Waals surface area contributed by atoms with E-state index in [0.29, 0.717) is 28.5 Å². The van der Waals surface area contributed by atoms with Crippen LogP contribution in [0.5, 0.6) is 5.75 Å².